The van der Waals surface area contributed by atoms with Crippen LogP contribution in [0, 0.1) is 5.92 Å². The van der Waals surface area contributed by atoms with Gasteiger partial charge in [-0.05, 0) is 43.4 Å². The first-order chi connectivity index (χ1) is 12.1. The fourth-order valence-electron chi connectivity index (χ4n) is 2.51. The lowest BCUT2D eigenvalue weighted by molar-refractivity contribution is 0.0945. The molecule has 2 rings (SSSR count). The Hall–Kier alpha value is -1.49. The van der Waals surface area contributed by atoms with Gasteiger partial charge in [0.1, 0.15) is 0 Å². The summed E-state index contributed by atoms with van der Waals surface area (Å²) in [6.07, 6.45) is 2.10. The molecule has 0 saturated carbocycles. The maximum atomic E-state index is 12.6. The lowest BCUT2D eigenvalue weighted by atomic mass is 10.2. The van der Waals surface area contributed by atoms with E-state index in [1.807, 2.05) is 18.7 Å². The van der Waals surface area contributed by atoms with Crippen LogP contribution in [-0.2, 0) is 20.0 Å². The van der Waals surface area contributed by atoms with E-state index >= 15 is 0 Å². The molecule has 146 valence electrons. The van der Waals surface area contributed by atoms with Crippen LogP contribution in [0.3, 0.4) is 0 Å². The van der Waals surface area contributed by atoms with Crippen LogP contribution in [0.4, 0.5) is 0 Å². The Morgan fingerprint density at radius 3 is 2.42 bits per heavy atom. The van der Waals surface area contributed by atoms with Gasteiger partial charge in [0, 0.05) is 18.7 Å². The summed E-state index contributed by atoms with van der Waals surface area (Å²) >= 11 is 0. The zero-order valence-electron chi connectivity index (χ0n) is 14.9. The predicted octanol–water partition coefficient (Wildman–Crippen LogP) is 1.08. The van der Waals surface area contributed by atoms with E-state index in [9.17, 15) is 21.6 Å². The quantitative estimate of drug-likeness (QED) is 0.631. The summed E-state index contributed by atoms with van der Waals surface area (Å²) in [6.45, 7) is 4.74. The highest BCUT2D eigenvalue weighted by molar-refractivity contribution is 7.89. The number of nitrogens with one attached hydrogen (secondary N) is 2. The molecule has 0 unspecified atom stereocenters. The van der Waals surface area contributed by atoms with Gasteiger partial charge >= 0.3 is 0 Å². The summed E-state index contributed by atoms with van der Waals surface area (Å²) in [5.41, 5.74) is 2.19. The van der Waals surface area contributed by atoms with Crippen molar-refractivity contribution in [3.8, 4) is 0 Å². The Morgan fingerprint density at radius 1 is 1.15 bits per heavy atom. The van der Waals surface area contributed by atoms with E-state index in [2.05, 4.69) is 5.43 Å². The largest absolute Gasteiger partial charge is 0.274 e. The van der Waals surface area contributed by atoms with Crippen molar-refractivity contribution < 1.29 is 21.6 Å². The van der Waals surface area contributed by atoms with Gasteiger partial charge in [0.05, 0.1) is 10.6 Å². The minimum absolute atomic E-state index is 0.0229. The molecule has 1 aliphatic rings. The smallest absolute Gasteiger partial charge is 0.266 e. The third-order valence-corrected chi connectivity index (χ3v) is 7.16. The number of hydrogen-bond donors (Lipinski definition) is 2. The van der Waals surface area contributed by atoms with Gasteiger partial charge in [-0.2, -0.15) is 4.31 Å². The minimum atomic E-state index is -3.64. The SMILES string of the molecule is CC(C)CCS(=O)(=O)NNC(=O)c1cccc(S(=O)(=O)N2CCCC2)c1. The number of nitrogens with zero attached hydrogens (tertiary/aromatic N) is 1. The highest BCUT2D eigenvalue weighted by Crippen LogP contribution is 2.21. The zero-order chi connectivity index (χ0) is 19.4. The maximum Gasteiger partial charge on any atom is 0.266 e. The molecule has 0 aliphatic carbocycles. The average molecular weight is 404 g/mol. The fourth-order valence-corrected chi connectivity index (χ4v) is 5.21. The van der Waals surface area contributed by atoms with Crippen LogP contribution in [0.5, 0.6) is 0 Å². The number of rotatable bonds is 8. The van der Waals surface area contributed by atoms with E-state index in [4.69, 9.17) is 0 Å². The number of hydrazine groups is 1. The van der Waals surface area contributed by atoms with E-state index < -0.39 is 26.0 Å². The van der Waals surface area contributed by atoms with Crippen molar-refractivity contribution in [1.82, 2.24) is 14.6 Å². The second-order valence-corrected chi connectivity index (χ2v) is 10.5. The van der Waals surface area contributed by atoms with Crippen molar-refractivity contribution in [2.24, 2.45) is 5.92 Å². The number of carbonyl (C=O) groups excluding carboxylic acids is 1. The van der Waals surface area contributed by atoms with Crippen LogP contribution in [0.15, 0.2) is 29.2 Å². The van der Waals surface area contributed by atoms with Gasteiger partial charge in [0.15, 0.2) is 0 Å². The minimum Gasteiger partial charge on any atom is -0.274 e. The molecule has 1 heterocycles. The molecule has 10 heteroatoms. The van der Waals surface area contributed by atoms with Crippen LogP contribution in [-0.4, -0.2) is 45.9 Å². The van der Waals surface area contributed by atoms with E-state index in [0.29, 0.717) is 19.5 Å². The highest BCUT2D eigenvalue weighted by atomic mass is 32.2. The molecule has 26 heavy (non-hydrogen) atoms. The number of hydrogen-bond acceptors (Lipinski definition) is 5. The Kier molecular flexibility index (Phi) is 6.78. The lowest BCUT2D eigenvalue weighted by Gasteiger charge is -2.16. The Balaban J connectivity index is 2.06. The molecule has 0 spiro atoms. The van der Waals surface area contributed by atoms with E-state index in [1.54, 1.807) is 0 Å². The highest BCUT2D eigenvalue weighted by Gasteiger charge is 2.27. The summed E-state index contributed by atoms with van der Waals surface area (Å²) in [7, 11) is -7.28. The molecule has 0 bridgehead atoms. The first-order valence-electron chi connectivity index (χ1n) is 8.52. The number of sulfonamides is 2. The van der Waals surface area contributed by atoms with Gasteiger partial charge in [-0.25, -0.2) is 16.8 Å². The van der Waals surface area contributed by atoms with Gasteiger partial charge in [0.25, 0.3) is 5.91 Å². The Morgan fingerprint density at radius 2 is 1.81 bits per heavy atom. The Bertz CT molecular complexity index is 844. The van der Waals surface area contributed by atoms with E-state index in [0.717, 1.165) is 12.8 Å². The second-order valence-electron chi connectivity index (χ2n) is 6.70. The molecular weight excluding hydrogens is 378 g/mol. The van der Waals surface area contributed by atoms with Crippen molar-refractivity contribution in [1.29, 1.82) is 0 Å². The first-order valence-corrected chi connectivity index (χ1v) is 11.6. The zero-order valence-corrected chi connectivity index (χ0v) is 16.6. The summed E-state index contributed by atoms with van der Waals surface area (Å²) in [6, 6.07) is 5.58. The third-order valence-electron chi connectivity index (χ3n) is 4.08. The van der Waals surface area contributed by atoms with Gasteiger partial charge in [-0.3, -0.25) is 10.2 Å². The standard InChI is InChI=1S/C16H25N3O5S2/c1-13(2)8-11-25(21,22)18-17-16(20)14-6-5-7-15(12-14)26(23,24)19-9-3-4-10-19/h5-7,12-13,18H,3-4,8-11H2,1-2H3,(H,17,20). The van der Waals surface area contributed by atoms with Gasteiger partial charge in [-0.1, -0.05) is 19.9 Å². The van der Waals surface area contributed by atoms with Crippen LogP contribution in [0.2, 0.25) is 0 Å². The molecule has 1 aromatic carbocycles. The fraction of sp³-hybridized carbons (Fsp3) is 0.562. The number of benzene rings is 1. The van der Waals surface area contributed by atoms with Crippen molar-refractivity contribution in [3.63, 3.8) is 0 Å². The summed E-state index contributed by atoms with van der Waals surface area (Å²) in [4.78, 5) is 14.2. The monoisotopic (exact) mass is 403 g/mol. The van der Waals surface area contributed by atoms with Crippen LogP contribution in [0.25, 0.3) is 0 Å². The van der Waals surface area contributed by atoms with Gasteiger partial charge in [0.2, 0.25) is 20.0 Å². The van der Waals surface area contributed by atoms with Crippen molar-refractivity contribution in [2.45, 2.75) is 38.0 Å². The summed E-state index contributed by atoms with van der Waals surface area (Å²) in [5, 5.41) is 0. The molecule has 1 saturated heterocycles. The normalized spacial score (nSPS) is 16.1. The molecule has 0 atom stereocenters. The number of carbonyl (C=O) groups is 1. The van der Waals surface area contributed by atoms with Gasteiger partial charge in [-0.15, -0.1) is 4.83 Å². The second kappa shape index (κ2) is 8.47. The Labute approximate surface area is 155 Å². The molecule has 1 aromatic rings. The van der Waals surface area contributed by atoms with Crippen LogP contribution in [0.1, 0.15) is 43.5 Å². The predicted molar refractivity (Wildman–Crippen MR) is 98.3 cm³/mol. The van der Waals surface area contributed by atoms with Crippen LogP contribution < -0.4 is 10.3 Å². The van der Waals surface area contributed by atoms with Gasteiger partial charge < -0.3 is 0 Å². The molecule has 1 aliphatic heterocycles. The van der Waals surface area contributed by atoms with E-state index in [1.165, 1.54) is 28.6 Å². The topological polar surface area (TPSA) is 113 Å². The van der Waals surface area contributed by atoms with Crippen molar-refractivity contribution in [2.75, 3.05) is 18.8 Å². The van der Waals surface area contributed by atoms with Crippen LogP contribution >= 0.6 is 0 Å². The number of amides is 1. The van der Waals surface area contributed by atoms with Crippen molar-refractivity contribution >= 4 is 26.0 Å². The molecule has 2 N–H and O–H groups in total. The molecule has 0 radical (unpaired) electrons. The summed E-state index contributed by atoms with van der Waals surface area (Å²) < 4.78 is 50.2. The molecular formula is C16H25N3O5S2. The molecule has 8 nitrogen and oxygen atoms in total. The molecule has 1 amide bonds. The van der Waals surface area contributed by atoms with Crippen molar-refractivity contribution in [3.05, 3.63) is 29.8 Å². The lowest BCUT2D eigenvalue weighted by Crippen LogP contribution is -2.42. The summed E-state index contributed by atoms with van der Waals surface area (Å²) in [5.74, 6) is -0.597. The molecule has 1 fully saturated rings. The first kappa shape index (κ1) is 20.8. The maximum absolute atomic E-state index is 12.6. The average Bonchev–Trinajstić information content (AvgIpc) is 3.14. The molecule has 0 aromatic heterocycles. The third kappa shape index (κ3) is 5.50. The van der Waals surface area contributed by atoms with E-state index in [-0.39, 0.29) is 22.1 Å².